The number of ether oxygens (including phenoxy) is 2. The van der Waals surface area contributed by atoms with E-state index in [-0.39, 0.29) is 11.9 Å². The van der Waals surface area contributed by atoms with E-state index < -0.39 is 0 Å². The zero-order chi connectivity index (χ0) is 23.3. The van der Waals surface area contributed by atoms with Crippen molar-refractivity contribution in [2.75, 3.05) is 33.4 Å². The number of carbonyl (C=O) groups is 1. The first-order valence-corrected chi connectivity index (χ1v) is 11.3. The van der Waals surface area contributed by atoms with E-state index in [0.717, 1.165) is 41.6 Å². The number of hydrogen-bond acceptors (Lipinski definition) is 4. The molecule has 174 valence electrons. The van der Waals surface area contributed by atoms with Gasteiger partial charge in [0.05, 0.1) is 19.3 Å². The summed E-state index contributed by atoms with van der Waals surface area (Å²) in [4.78, 5) is 16.5. The molecule has 7 heteroatoms. The first-order chi connectivity index (χ1) is 15.5. The summed E-state index contributed by atoms with van der Waals surface area (Å²) in [5, 5.41) is 9.41. The molecule has 0 aromatic heterocycles. The number of nitrogens with zero attached hydrogens (tertiary/aromatic N) is 1. The van der Waals surface area contributed by atoms with Crippen LogP contribution in [0, 0.1) is 0 Å². The molecular weight excluding hydrogens is 404 g/mol. The number of benzene rings is 2. The third-order valence-electron chi connectivity index (χ3n) is 4.85. The van der Waals surface area contributed by atoms with Gasteiger partial charge in [-0.2, -0.15) is 0 Å². The number of hydrogen-bond donors (Lipinski definition) is 3. The highest BCUT2D eigenvalue weighted by molar-refractivity contribution is 5.94. The van der Waals surface area contributed by atoms with Crippen molar-refractivity contribution in [3.8, 4) is 11.5 Å². The van der Waals surface area contributed by atoms with Crippen molar-refractivity contribution >= 4 is 11.9 Å². The van der Waals surface area contributed by atoms with E-state index in [1.54, 1.807) is 7.05 Å². The normalized spacial score (nSPS) is 12.1. The van der Waals surface area contributed by atoms with E-state index in [1.807, 2.05) is 63.2 Å². The standard InChI is InChI=1S/C25H36N4O3/c1-6-27-25(28-15-14-19-10-9-11-21(16-19)24(30)26-5)29-18(4)20-12-13-22(31-7-2)23(17-20)32-8-3/h9-13,16-18H,6-8,14-15H2,1-5H3,(H,26,30)(H2,27,28,29). The second kappa shape index (κ2) is 13.2. The molecule has 0 radical (unpaired) electrons. The molecule has 0 spiro atoms. The number of rotatable bonds is 11. The average molecular weight is 441 g/mol. The molecule has 0 bridgehead atoms. The average Bonchev–Trinajstić information content (AvgIpc) is 2.80. The molecule has 0 saturated heterocycles. The smallest absolute Gasteiger partial charge is 0.251 e. The Morgan fingerprint density at radius 2 is 1.78 bits per heavy atom. The van der Waals surface area contributed by atoms with Crippen LogP contribution >= 0.6 is 0 Å². The summed E-state index contributed by atoms with van der Waals surface area (Å²) in [6, 6.07) is 13.7. The molecule has 0 fully saturated rings. The van der Waals surface area contributed by atoms with Crippen LogP contribution in [-0.4, -0.2) is 45.2 Å². The Morgan fingerprint density at radius 3 is 2.47 bits per heavy atom. The van der Waals surface area contributed by atoms with Crippen LogP contribution in [0.25, 0.3) is 0 Å². The van der Waals surface area contributed by atoms with Crippen LogP contribution in [0.2, 0.25) is 0 Å². The van der Waals surface area contributed by atoms with E-state index in [2.05, 4.69) is 22.9 Å². The second-order valence-corrected chi connectivity index (χ2v) is 7.23. The predicted octanol–water partition coefficient (Wildman–Crippen LogP) is 3.70. The summed E-state index contributed by atoms with van der Waals surface area (Å²) in [5.41, 5.74) is 2.82. The van der Waals surface area contributed by atoms with Crippen molar-refractivity contribution in [3.05, 3.63) is 59.2 Å². The summed E-state index contributed by atoms with van der Waals surface area (Å²) in [6.07, 6.45) is 0.743. The van der Waals surface area contributed by atoms with Gasteiger partial charge < -0.3 is 25.4 Å². The van der Waals surface area contributed by atoms with Crippen LogP contribution in [0.5, 0.6) is 11.5 Å². The number of amides is 1. The molecule has 2 aromatic carbocycles. The summed E-state index contributed by atoms with van der Waals surface area (Å²) < 4.78 is 11.4. The maximum absolute atomic E-state index is 11.8. The van der Waals surface area contributed by atoms with Gasteiger partial charge in [-0.15, -0.1) is 0 Å². The van der Waals surface area contributed by atoms with Crippen LogP contribution < -0.4 is 25.4 Å². The van der Waals surface area contributed by atoms with Gasteiger partial charge in [-0.1, -0.05) is 18.2 Å². The highest BCUT2D eigenvalue weighted by atomic mass is 16.5. The fourth-order valence-electron chi connectivity index (χ4n) is 3.25. The Morgan fingerprint density at radius 1 is 1.03 bits per heavy atom. The second-order valence-electron chi connectivity index (χ2n) is 7.23. The van der Waals surface area contributed by atoms with Gasteiger partial charge in [0.15, 0.2) is 17.5 Å². The Labute approximate surface area is 191 Å². The zero-order valence-electron chi connectivity index (χ0n) is 19.8. The first kappa shape index (κ1) is 25.0. The highest BCUT2D eigenvalue weighted by Crippen LogP contribution is 2.30. The van der Waals surface area contributed by atoms with Crippen molar-refractivity contribution in [1.82, 2.24) is 16.0 Å². The third kappa shape index (κ3) is 7.48. The molecule has 0 heterocycles. The molecule has 0 aliphatic heterocycles. The maximum Gasteiger partial charge on any atom is 0.251 e. The molecule has 0 saturated carbocycles. The minimum atomic E-state index is -0.0824. The monoisotopic (exact) mass is 440 g/mol. The topological polar surface area (TPSA) is 84.0 Å². The molecule has 32 heavy (non-hydrogen) atoms. The largest absolute Gasteiger partial charge is 0.490 e. The Balaban J connectivity index is 2.06. The van der Waals surface area contributed by atoms with Gasteiger partial charge in [0.1, 0.15) is 0 Å². The van der Waals surface area contributed by atoms with E-state index in [0.29, 0.717) is 25.3 Å². The summed E-state index contributed by atoms with van der Waals surface area (Å²) in [5.74, 6) is 2.17. The lowest BCUT2D eigenvalue weighted by atomic mass is 10.1. The zero-order valence-corrected chi connectivity index (χ0v) is 19.8. The lowest BCUT2D eigenvalue weighted by Crippen LogP contribution is -2.38. The molecule has 0 aliphatic carbocycles. The van der Waals surface area contributed by atoms with E-state index in [1.165, 1.54) is 0 Å². The number of nitrogens with one attached hydrogen (secondary N) is 3. The SMILES string of the molecule is CCNC(=NCCc1cccc(C(=O)NC)c1)NC(C)c1ccc(OCC)c(OCC)c1. The van der Waals surface area contributed by atoms with Gasteiger partial charge >= 0.3 is 0 Å². The molecule has 1 atom stereocenters. The minimum Gasteiger partial charge on any atom is -0.490 e. The third-order valence-corrected chi connectivity index (χ3v) is 4.85. The van der Waals surface area contributed by atoms with Gasteiger partial charge in [-0.25, -0.2) is 0 Å². The van der Waals surface area contributed by atoms with Crippen LogP contribution in [0.3, 0.4) is 0 Å². The van der Waals surface area contributed by atoms with Crippen molar-refractivity contribution in [1.29, 1.82) is 0 Å². The van der Waals surface area contributed by atoms with E-state index >= 15 is 0 Å². The van der Waals surface area contributed by atoms with Crippen molar-refractivity contribution in [2.45, 2.75) is 40.2 Å². The number of aliphatic imine (C=N–C) groups is 1. The van der Waals surface area contributed by atoms with Crippen LogP contribution in [0.1, 0.15) is 55.2 Å². The molecule has 2 aromatic rings. The Kier molecular flexibility index (Phi) is 10.4. The fourth-order valence-corrected chi connectivity index (χ4v) is 3.25. The van der Waals surface area contributed by atoms with E-state index in [9.17, 15) is 4.79 Å². The quantitative estimate of drug-likeness (QED) is 0.367. The van der Waals surface area contributed by atoms with E-state index in [4.69, 9.17) is 14.5 Å². The van der Waals surface area contributed by atoms with Crippen molar-refractivity contribution in [2.24, 2.45) is 4.99 Å². The van der Waals surface area contributed by atoms with Crippen LogP contribution in [-0.2, 0) is 6.42 Å². The van der Waals surface area contributed by atoms with Gasteiger partial charge in [0, 0.05) is 25.7 Å². The molecule has 3 N–H and O–H groups in total. The highest BCUT2D eigenvalue weighted by Gasteiger charge is 2.12. The van der Waals surface area contributed by atoms with Gasteiger partial charge in [-0.05, 0) is 69.5 Å². The number of carbonyl (C=O) groups excluding carboxylic acids is 1. The first-order valence-electron chi connectivity index (χ1n) is 11.3. The van der Waals surface area contributed by atoms with Gasteiger partial charge in [0.25, 0.3) is 5.91 Å². The molecule has 1 amide bonds. The minimum absolute atomic E-state index is 0.0271. The molecule has 2 rings (SSSR count). The lowest BCUT2D eigenvalue weighted by Gasteiger charge is -2.20. The Bertz CT molecular complexity index is 899. The predicted molar refractivity (Wildman–Crippen MR) is 130 cm³/mol. The van der Waals surface area contributed by atoms with Gasteiger partial charge in [-0.3, -0.25) is 9.79 Å². The summed E-state index contributed by atoms with van der Waals surface area (Å²) in [7, 11) is 1.64. The fraction of sp³-hybridized carbons (Fsp3) is 0.440. The Hall–Kier alpha value is -3.22. The van der Waals surface area contributed by atoms with Gasteiger partial charge in [0.2, 0.25) is 0 Å². The van der Waals surface area contributed by atoms with Crippen molar-refractivity contribution < 1.29 is 14.3 Å². The number of guanidine groups is 1. The maximum atomic E-state index is 11.8. The molecule has 1 unspecified atom stereocenters. The molecule has 0 aliphatic rings. The molecular formula is C25H36N4O3. The van der Waals surface area contributed by atoms with Crippen molar-refractivity contribution in [3.63, 3.8) is 0 Å². The molecule has 7 nitrogen and oxygen atoms in total. The van der Waals surface area contributed by atoms with Crippen LogP contribution in [0.4, 0.5) is 0 Å². The van der Waals surface area contributed by atoms with Crippen LogP contribution in [0.15, 0.2) is 47.5 Å². The summed E-state index contributed by atoms with van der Waals surface area (Å²) in [6.45, 7) is 10.6. The lowest BCUT2D eigenvalue weighted by molar-refractivity contribution is 0.0963. The summed E-state index contributed by atoms with van der Waals surface area (Å²) >= 11 is 0.